The first-order valence-electron chi connectivity index (χ1n) is 13.2. The second-order valence-electron chi connectivity index (χ2n) is 10.2. The highest BCUT2D eigenvalue weighted by Gasteiger charge is 2.37. The van der Waals surface area contributed by atoms with Crippen molar-refractivity contribution in [3.8, 4) is 11.3 Å². The Hall–Kier alpha value is -3.60. The van der Waals surface area contributed by atoms with Gasteiger partial charge in [0.25, 0.3) is 5.91 Å². The van der Waals surface area contributed by atoms with Crippen LogP contribution in [0.2, 0.25) is 5.02 Å². The number of carbonyl (C=O) groups is 2. The molecule has 210 valence electrons. The standard InChI is InChI=1S/C29H31ClFN5O4/c1-16-9-20(11-21(31)10-16)17(2)33-27(38)25(15-37)36-14-19-4-3-18(12-23(19)28(36)39)26-24(30)13-32-29(35-26)34-22-5-7-40-8-6-22/h3-4,9-13,17,22,25,37H,5-8,14-15H2,1-2H3,(H,33,38)(H,32,34,35). The van der Waals surface area contributed by atoms with Crippen molar-refractivity contribution in [2.45, 2.75) is 51.4 Å². The molecule has 1 fully saturated rings. The second kappa shape index (κ2) is 11.9. The molecule has 5 rings (SSSR count). The maximum absolute atomic E-state index is 13.9. The average molecular weight is 568 g/mol. The summed E-state index contributed by atoms with van der Waals surface area (Å²) in [5.74, 6) is -0.863. The Kier molecular flexibility index (Phi) is 8.30. The lowest BCUT2D eigenvalue weighted by Crippen LogP contribution is -2.49. The van der Waals surface area contributed by atoms with Gasteiger partial charge >= 0.3 is 0 Å². The molecule has 2 aliphatic heterocycles. The molecule has 11 heteroatoms. The molecule has 3 heterocycles. The number of hydrogen-bond donors (Lipinski definition) is 3. The van der Waals surface area contributed by atoms with Crippen LogP contribution in [-0.4, -0.2) is 63.7 Å². The van der Waals surface area contributed by atoms with Crippen LogP contribution in [0.1, 0.15) is 52.9 Å². The number of aryl methyl sites for hydroxylation is 1. The van der Waals surface area contributed by atoms with Crippen LogP contribution in [0.5, 0.6) is 0 Å². The zero-order chi connectivity index (χ0) is 28.4. The molecule has 0 spiro atoms. The summed E-state index contributed by atoms with van der Waals surface area (Å²) in [7, 11) is 0. The lowest BCUT2D eigenvalue weighted by molar-refractivity contribution is -0.127. The molecule has 1 saturated heterocycles. The minimum Gasteiger partial charge on any atom is -0.394 e. The summed E-state index contributed by atoms with van der Waals surface area (Å²) >= 11 is 6.44. The third-order valence-electron chi connectivity index (χ3n) is 7.29. The molecule has 2 aromatic carbocycles. The fraction of sp³-hybridized carbons (Fsp3) is 0.379. The van der Waals surface area contributed by atoms with Gasteiger partial charge < -0.3 is 25.4 Å². The van der Waals surface area contributed by atoms with Crippen molar-refractivity contribution in [3.05, 3.63) is 75.7 Å². The van der Waals surface area contributed by atoms with Crippen LogP contribution in [0, 0.1) is 12.7 Å². The van der Waals surface area contributed by atoms with E-state index in [9.17, 15) is 19.1 Å². The van der Waals surface area contributed by atoms with E-state index in [4.69, 9.17) is 16.3 Å². The van der Waals surface area contributed by atoms with Gasteiger partial charge in [-0.3, -0.25) is 9.59 Å². The van der Waals surface area contributed by atoms with Gasteiger partial charge in [-0.05, 0) is 61.6 Å². The fourth-order valence-corrected chi connectivity index (χ4v) is 5.32. The summed E-state index contributed by atoms with van der Waals surface area (Å²) in [5.41, 5.74) is 3.57. The Bertz CT molecular complexity index is 1410. The Morgan fingerprint density at radius 1 is 1.25 bits per heavy atom. The van der Waals surface area contributed by atoms with Crippen LogP contribution in [0.3, 0.4) is 0 Å². The predicted molar refractivity (Wildman–Crippen MR) is 148 cm³/mol. The highest BCUT2D eigenvalue weighted by Crippen LogP contribution is 2.32. The van der Waals surface area contributed by atoms with E-state index in [0.29, 0.717) is 46.6 Å². The molecule has 2 aliphatic rings. The zero-order valence-electron chi connectivity index (χ0n) is 22.3. The smallest absolute Gasteiger partial charge is 0.255 e. The molecule has 2 amide bonds. The number of aromatic nitrogens is 2. The van der Waals surface area contributed by atoms with E-state index in [1.54, 1.807) is 32.0 Å². The summed E-state index contributed by atoms with van der Waals surface area (Å²) in [6, 6.07) is 8.44. The van der Waals surface area contributed by atoms with Crippen molar-refractivity contribution in [1.82, 2.24) is 20.2 Å². The van der Waals surface area contributed by atoms with E-state index in [-0.39, 0.29) is 18.5 Å². The third-order valence-corrected chi connectivity index (χ3v) is 7.57. The SMILES string of the molecule is Cc1cc(F)cc(C(C)NC(=O)C(CO)N2Cc3ccc(-c4nc(NC5CCOCC5)ncc4Cl)cc3C2=O)c1. The first-order chi connectivity index (χ1) is 19.2. The molecule has 0 saturated carbocycles. The number of nitrogens with one attached hydrogen (secondary N) is 2. The molecular formula is C29H31ClFN5O4. The number of hydrogen-bond acceptors (Lipinski definition) is 7. The summed E-state index contributed by atoms with van der Waals surface area (Å²) in [6.07, 6.45) is 3.23. The minimum absolute atomic E-state index is 0.161. The highest BCUT2D eigenvalue weighted by molar-refractivity contribution is 6.33. The van der Waals surface area contributed by atoms with Gasteiger partial charge in [-0.15, -0.1) is 0 Å². The Morgan fingerprint density at radius 2 is 2.02 bits per heavy atom. The number of rotatable bonds is 8. The zero-order valence-corrected chi connectivity index (χ0v) is 23.0. The number of ether oxygens (including phenoxy) is 1. The molecule has 2 unspecified atom stereocenters. The fourth-order valence-electron chi connectivity index (χ4n) is 5.12. The number of anilines is 1. The molecule has 0 radical (unpaired) electrons. The van der Waals surface area contributed by atoms with Gasteiger partial charge in [0.2, 0.25) is 11.9 Å². The maximum atomic E-state index is 13.9. The summed E-state index contributed by atoms with van der Waals surface area (Å²) in [4.78, 5) is 36.8. The van der Waals surface area contributed by atoms with Crippen LogP contribution in [0.15, 0.2) is 42.6 Å². The van der Waals surface area contributed by atoms with Gasteiger partial charge in [0, 0.05) is 36.9 Å². The van der Waals surface area contributed by atoms with Crippen molar-refractivity contribution in [2.24, 2.45) is 0 Å². The highest BCUT2D eigenvalue weighted by atomic mass is 35.5. The van der Waals surface area contributed by atoms with E-state index in [2.05, 4.69) is 20.6 Å². The number of nitrogens with zero attached hydrogens (tertiary/aromatic N) is 3. The van der Waals surface area contributed by atoms with Crippen molar-refractivity contribution >= 4 is 29.4 Å². The van der Waals surface area contributed by atoms with Crippen LogP contribution in [-0.2, 0) is 16.1 Å². The first-order valence-corrected chi connectivity index (χ1v) is 13.6. The normalized spacial score (nSPS) is 16.9. The number of aliphatic hydroxyl groups excluding tert-OH is 1. The van der Waals surface area contributed by atoms with Gasteiger partial charge in [0.15, 0.2) is 0 Å². The number of halogens is 2. The van der Waals surface area contributed by atoms with E-state index < -0.39 is 30.4 Å². The first kappa shape index (κ1) is 27.9. The minimum atomic E-state index is -1.11. The Morgan fingerprint density at radius 3 is 2.75 bits per heavy atom. The molecule has 0 bridgehead atoms. The van der Waals surface area contributed by atoms with Gasteiger partial charge in [0.05, 0.1) is 29.6 Å². The van der Waals surface area contributed by atoms with Gasteiger partial charge in [-0.1, -0.05) is 29.8 Å². The summed E-state index contributed by atoms with van der Waals surface area (Å²) in [6.45, 7) is 4.45. The van der Waals surface area contributed by atoms with Crippen LogP contribution >= 0.6 is 11.6 Å². The van der Waals surface area contributed by atoms with E-state index >= 15 is 0 Å². The summed E-state index contributed by atoms with van der Waals surface area (Å²) < 4.78 is 19.3. The molecule has 3 aromatic rings. The van der Waals surface area contributed by atoms with E-state index in [1.165, 1.54) is 23.2 Å². The number of carbonyl (C=O) groups excluding carboxylic acids is 2. The quantitative estimate of drug-likeness (QED) is 0.376. The molecular weight excluding hydrogens is 537 g/mol. The number of benzene rings is 2. The molecule has 0 aliphatic carbocycles. The maximum Gasteiger partial charge on any atom is 0.255 e. The van der Waals surface area contributed by atoms with E-state index in [0.717, 1.165) is 24.0 Å². The lowest BCUT2D eigenvalue weighted by atomic mass is 10.0. The topological polar surface area (TPSA) is 117 Å². The third kappa shape index (κ3) is 5.94. The van der Waals surface area contributed by atoms with Crippen molar-refractivity contribution in [3.63, 3.8) is 0 Å². The number of amides is 2. The molecule has 40 heavy (non-hydrogen) atoms. The van der Waals surface area contributed by atoms with Gasteiger partial charge in [0.1, 0.15) is 11.9 Å². The monoisotopic (exact) mass is 567 g/mol. The van der Waals surface area contributed by atoms with Crippen molar-refractivity contribution in [1.29, 1.82) is 0 Å². The second-order valence-corrected chi connectivity index (χ2v) is 10.6. The van der Waals surface area contributed by atoms with E-state index in [1.807, 2.05) is 6.07 Å². The number of aliphatic hydroxyl groups is 1. The van der Waals surface area contributed by atoms with Gasteiger partial charge in [-0.2, -0.15) is 0 Å². The molecule has 9 nitrogen and oxygen atoms in total. The van der Waals surface area contributed by atoms with Crippen molar-refractivity contribution < 1.29 is 23.8 Å². The van der Waals surface area contributed by atoms with Gasteiger partial charge in [-0.25, -0.2) is 14.4 Å². The largest absolute Gasteiger partial charge is 0.394 e. The summed E-state index contributed by atoms with van der Waals surface area (Å²) in [5, 5.41) is 16.6. The molecule has 1 aromatic heterocycles. The number of fused-ring (bicyclic) bond motifs is 1. The molecule has 2 atom stereocenters. The molecule has 3 N–H and O–H groups in total. The van der Waals surface area contributed by atoms with Crippen LogP contribution in [0.25, 0.3) is 11.3 Å². The Labute approximate surface area is 236 Å². The Balaban J connectivity index is 1.32. The predicted octanol–water partition coefficient (Wildman–Crippen LogP) is 4.03. The van der Waals surface area contributed by atoms with Crippen molar-refractivity contribution in [2.75, 3.05) is 25.1 Å². The lowest BCUT2D eigenvalue weighted by Gasteiger charge is -2.27. The van der Waals surface area contributed by atoms with Crippen LogP contribution < -0.4 is 10.6 Å². The van der Waals surface area contributed by atoms with Crippen LogP contribution in [0.4, 0.5) is 10.3 Å². The average Bonchev–Trinajstić information content (AvgIpc) is 3.25.